The smallest absolute Gasteiger partial charge is 0.0829 e. The zero-order valence-corrected chi connectivity index (χ0v) is 9.30. The molecule has 0 aromatic rings. The van der Waals surface area contributed by atoms with Crippen LogP contribution in [0.1, 0.15) is 51.4 Å². The zero-order valence-electron chi connectivity index (χ0n) is 9.30. The van der Waals surface area contributed by atoms with E-state index >= 15 is 0 Å². The molecule has 0 aromatic carbocycles. The Morgan fingerprint density at radius 3 is 2.36 bits per heavy atom. The van der Waals surface area contributed by atoms with Crippen LogP contribution in [0.3, 0.4) is 0 Å². The Hall–Kier alpha value is -0.0800. The van der Waals surface area contributed by atoms with Crippen LogP contribution < -0.4 is 5.73 Å². The first kappa shape index (κ1) is 10.4. The highest BCUT2D eigenvalue weighted by atomic mass is 16.5. The minimum Gasteiger partial charge on any atom is -0.377 e. The number of hydrogen-bond donors (Lipinski definition) is 1. The quantitative estimate of drug-likeness (QED) is 0.751. The van der Waals surface area contributed by atoms with E-state index in [1.54, 1.807) is 0 Å². The molecule has 2 saturated carbocycles. The maximum atomic E-state index is 6.28. The maximum absolute atomic E-state index is 6.28. The van der Waals surface area contributed by atoms with Gasteiger partial charge in [0, 0.05) is 13.2 Å². The average Bonchev–Trinajstić information content (AvgIpc) is 2.55. The average molecular weight is 197 g/mol. The van der Waals surface area contributed by atoms with Crippen molar-refractivity contribution in [3.05, 3.63) is 0 Å². The molecular formula is C12H23NO. The molecule has 2 N–H and O–H groups in total. The van der Waals surface area contributed by atoms with Crippen LogP contribution in [0.15, 0.2) is 0 Å². The summed E-state index contributed by atoms with van der Waals surface area (Å²) in [5.74, 6) is 0.887. The summed E-state index contributed by atoms with van der Waals surface area (Å²) in [6, 6.07) is 0.282. The normalized spacial score (nSPS) is 28.7. The van der Waals surface area contributed by atoms with Crippen molar-refractivity contribution in [1.82, 2.24) is 0 Å². The van der Waals surface area contributed by atoms with Gasteiger partial charge in [-0.1, -0.05) is 25.7 Å². The Morgan fingerprint density at radius 2 is 1.93 bits per heavy atom. The Bertz CT molecular complexity index is 177. The molecule has 1 atom stereocenters. The molecule has 2 aliphatic rings. The van der Waals surface area contributed by atoms with Gasteiger partial charge < -0.3 is 10.5 Å². The molecule has 2 fully saturated rings. The second-order valence-electron chi connectivity index (χ2n) is 5.12. The third kappa shape index (κ3) is 1.82. The molecule has 2 nitrogen and oxygen atoms in total. The molecule has 2 heteroatoms. The molecule has 0 aromatic heterocycles. The van der Waals surface area contributed by atoms with Gasteiger partial charge in [-0.25, -0.2) is 0 Å². The molecule has 0 bridgehead atoms. The molecule has 2 rings (SSSR count). The highest BCUT2D eigenvalue weighted by Crippen LogP contribution is 2.40. The number of ether oxygens (including phenoxy) is 1. The van der Waals surface area contributed by atoms with Crippen molar-refractivity contribution in [3.63, 3.8) is 0 Å². The molecule has 1 unspecified atom stereocenters. The van der Waals surface area contributed by atoms with Gasteiger partial charge in [-0.15, -0.1) is 0 Å². The molecule has 0 saturated heterocycles. The van der Waals surface area contributed by atoms with Gasteiger partial charge in [-0.05, 0) is 31.6 Å². The fraction of sp³-hybridized carbons (Fsp3) is 1.00. The van der Waals surface area contributed by atoms with E-state index in [-0.39, 0.29) is 11.6 Å². The van der Waals surface area contributed by atoms with E-state index in [0.717, 1.165) is 5.92 Å². The molecule has 0 amide bonds. The summed E-state index contributed by atoms with van der Waals surface area (Å²) in [5.41, 5.74) is 6.34. The molecule has 0 radical (unpaired) electrons. The predicted octanol–water partition coefficient (Wildman–Crippen LogP) is 2.46. The summed E-state index contributed by atoms with van der Waals surface area (Å²) in [7, 11) is 1.83. The van der Waals surface area contributed by atoms with Gasteiger partial charge in [-0.3, -0.25) is 0 Å². The SMILES string of the molecule is COC1(C(N)CC2CCCC2)CCC1. The molecule has 0 spiro atoms. The van der Waals surface area contributed by atoms with E-state index in [1.165, 1.54) is 51.4 Å². The second kappa shape index (κ2) is 4.19. The van der Waals surface area contributed by atoms with E-state index in [0.29, 0.717) is 0 Å². The summed E-state index contributed by atoms with van der Waals surface area (Å²) in [6.07, 6.45) is 10.5. The van der Waals surface area contributed by atoms with Crippen molar-refractivity contribution < 1.29 is 4.74 Å². The lowest BCUT2D eigenvalue weighted by atomic mass is 9.72. The number of methoxy groups -OCH3 is 1. The first-order chi connectivity index (χ1) is 6.77. The molecule has 82 valence electrons. The molecular weight excluding hydrogens is 174 g/mol. The van der Waals surface area contributed by atoms with Gasteiger partial charge in [0.2, 0.25) is 0 Å². The minimum absolute atomic E-state index is 0.0581. The molecule has 0 heterocycles. The Labute approximate surface area is 87.2 Å². The number of hydrogen-bond acceptors (Lipinski definition) is 2. The van der Waals surface area contributed by atoms with Gasteiger partial charge in [0.15, 0.2) is 0 Å². The van der Waals surface area contributed by atoms with Crippen LogP contribution >= 0.6 is 0 Å². The van der Waals surface area contributed by atoms with Crippen molar-refractivity contribution in [3.8, 4) is 0 Å². The van der Waals surface area contributed by atoms with Crippen molar-refractivity contribution in [2.45, 2.75) is 63.0 Å². The van der Waals surface area contributed by atoms with E-state index < -0.39 is 0 Å². The second-order valence-corrected chi connectivity index (χ2v) is 5.12. The standard InChI is InChI=1S/C12H23NO/c1-14-12(7-4-8-12)11(13)9-10-5-2-3-6-10/h10-11H,2-9,13H2,1H3. The summed E-state index contributed by atoms with van der Waals surface area (Å²) in [5, 5.41) is 0. The Kier molecular flexibility index (Phi) is 3.13. The van der Waals surface area contributed by atoms with Crippen LogP contribution in [0.2, 0.25) is 0 Å². The molecule has 0 aliphatic heterocycles. The molecule has 2 aliphatic carbocycles. The van der Waals surface area contributed by atoms with Crippen LogP contribution in [-0.4, -0.2) is 18.8 Å². The minimum atomic E-state index is 0.0581. The van der Waals surface area contributed by atoms with Crippen molar-refractivity contribution in [2.24, 2.45) is 11.7 Å². The fourth-order valence-corrected chi connectivity index (χ4v) is 3.07. The van der Waals surface area contributed by atoms with Crippen LogP contribution in [-0.2, 0) is 4.74 Å². The fourth-order valence-electron chi connectivity index (χ4n) is 3.07. The van der Waals surface area contributed by atoms with Crippen LogP contribution in [0.4, 0.5) is 0 Å². The van der Waals surface area contributed by atoms with Gasteiger partial charge in [0.1, 0.15) is 0 Å². The first-order valence-corrected chi connectivity index (χ1v) is 6.07. The number of nitrogens with two attached hydrogens (primary N) is 1. The van der Waals surface area contributed by atoms with Crippen LogP contribution in [0, 0.1) is 5.92 Å². The lowest BCUT2D eigenvalue weighted by Gasteiger charge is -2.45. The zero-order chi connectivity index (χ0) is 10.0. The van der Waals surface area contributed by atoms with E-state index in [1.807, 2.05) is 7.11 Å². The van der Waals surface area contributed by atoms with E-state index in [9.17, 15) is 0 Å². The van der Waals surface area contributed by atoms with E-state index in [4.69, 9.17) is 10.5 Å². The predicted molar refractivity (Wildman–Crippen MR) is 58.1 cm³/mol. The van der Waals surface area contributed by atoms with Gasteiger partial charge in [0.05, 0.1) is 5.60 Å². The third-order valence-corrected chi connectivity index (χ3v) is 4.34. The van der Waals surface area contributed by atoms with E-state index in [2.05, 4.69) is 0 Å². The molecule has 14 heavy (non-hydrogen) atoms. The van der Waals surface area contributed by atoms with Gasteiger partial charge in [0.25, 0.3) is 0 Å². The largest absolute Gasteiger partial charge is 0.377 e. The number of rotatable bonds is 4. The highest BCUT2D eigenvalue weighted by molar-refractivity contribution is 4.99. The maximum Gasteiger partial charge on any atom is 0.0829 e. The van der Waals surface area contributed by atoms with Crippen LogP contribution in [0.25, 0.3) is 0 Å². The Balaban J connectivity index is 1.84. The lowest BCUT2D eigenvalue weighted by Crippen LogP contribution is -2.54. The van der Waals surface area contributed by atoms with Gasteiger partial charge in [-0.2, -0.15) is 0 Å². The van der Waals surface area contributed by atoms with Crippen molar-refractivity contribution >= 4 is 0 Å². The summed E-state index contributed by atoms with van der Waals surface area (Å²) in [4.78, 5) is 0. The summed E-state index contributed by atoms with van der Waals surface area (Å²) < 4.78 is 5.62. The topological polar surface area (TPSA) is 35.2 Å². The summed E-state index contributed by atoms with van der Waals surface area (Å²) in [6.45, 7) is 0. The lowest BCUT2D eigenvalue weighted by molar-refractivity contribution is -0.0939. The third-order valence-electron chi connectivity index (χ3n) is 4.34. The first-order valence-electron chi connectivity index (χ1n) is 6.07. The highest BCUT2D eigenvalue weighted by Gasteiger charge is 2.43. The van der Waals surface area contributed by atoms with Crippen molar-refractivity contribution in [1.29, 1.82) is 0 Å². The van der Waals surface area contributed by atoms with Crippen molar-refractivity contribution in [2.75, 3.05) is 7.11 Å². The monoisotopic (exact) mass is 197 g/mol. The van der Waals surface area contributed by atoms with Gasteiger partial charge >= 0.3 is 0 Å². The Morgan fingerprint density at radius 1 is 1.29 bits per heavy atom. The van der Waals surface area contributed by atoms with Crippen LogP contribution in [0.5, 0.6) is 0 Å². The summed E-state index contributed by atoms with van der Waals surface area (Å²) >= 11 is 0.